The SMILES string of the molecule is O=C(c1cc2ccccc2[nH]1)N1CCN(C2CC(c3ccc(Cl)cc3)NN2)CC1. The number of benzene rings is 2. The maximum atomic E-state index is 12.9. The van der Waals surface area contributed by atoms with Gasteiger partial charge in [-0.15, -0.1) is 0 Å². The molecule has 2 unspecified atom stereocenters. The number of halogens is 1. The highest BCUT2D eigenvalue weighted by atomic mass is 35.5. The number of nitrogens with one attached hydrogen (secondary N) is 3. The van der Waals surface area contributed by atoms with E-state index in [-0.39, 0.29) is 18.1 Å². The molecule has 7 heteroatoms. The van der Waals surface area contributed by atoms with Gasteiger partial charge in [-0.25, -0.2) is 10.9 Å². The van der Waals surface area contributed by atoms with E-state index in [1.807, 2.05) is 47.4 Å². The largest absolute Gasteiger partial charge is 0.351 e. The van der Waals surface area contributed by atoms with Crippen LogP contribution in [0.5, 0.6) is 0 Å². The van der Waals surface area contributed by atoms with Crippen molar-refractivity contribution in [2.75, 3.05) is 26.2 Å². The Hall–Kier alpha value is -2.38. The Labute approximate surface area is 174 Å². The smallest absolute Gasteiger partial charge is 0.270 e. The van der Waals surface area contributed by atoms with E-state index in [1.165, 1.54) is 5.56 Å². The molecule has 2 fully saturated rings. The van der Waals surface area contributed by atoms with Crippen LogP contribution in [-0.4, -0.2) is 53.0 Å². The summed E-state index contributed by atoms with van der Waals surface area (Å²) in [6.45, 7) is 3.19. The molecule has 5 rings (SSSR count). The number of piperazine rings is 1. The molecule has 2 atom stereocenters. The zero-order valence-corrected chi connectivity index (χ0v) is 16.8. The lowest BCUT2D eigenvalue weighted by Gasteiger charge is -2.37. The summed E-state index contributed by atoms with van der Waals surface area (Å²) in [5, 5.41) is 1.83. The number of aromatic nitrogens is 1. The molecule has 6 nitrogen and oxygen atoms in total. The molecule has 3 aromatic rings. The number of H-pyrrole nitrogens is 1. The first-order chi connectivity index (χ1) is 14.2. The maximum absolute atomic E-state index is 12.9. The van der Waals surface area contributed by atoms with E-state index in [0.717, 1.165) is 48.5 Å². The molecule has 0 radical (unpaired) electrons. The van der Waals surface area contributed by atoms with Gasteiger partial charge in [0.2, 0.25) is 0 Å². The van der Waals surface area contributed by atoms with E-state index in [2.05, 4.69) is 32.9 Å². The molecule has 3 heterocycles. The lowest BCUT2D eigenvalue weighted by atomic mass is 10.0. The first-order valence-electron chi connectivity index (χ1n) is 10.0. The number of hydrazine groups is 1. The van der Waals surface area contributed by atoms with Crippen molar-refractivity contribution in [2.45, 2.75) is 18.6 Å². The molecule has 2 saturated heterocycles. The van der Waals surface area contributed by atoms with Crippen LogP contribution in [-0.2, 0) is 0 Å². The first-order valence-corrected chi connectivity index (χ1v) is 10.4. The van der Waals surface area contributed by atoms with E-state index in [1.54, 1.807) is 0 Å². The minimum atomic E-state index is 0.0809. The topological polar surface area (TPSA) is 63.4 Å². The number of nitrogens with zero attached hydrogens (tertiary/aromatic N) is 2. The Morgan fingerprint density at radius 1 is 0.966 bits per heavy atom. The van der Waals surface area contributed by atoms with Crippen molar-refractivity contribution in [3.05, 3.63) is 70.9 Å². The molecule has 0 spiro atoms. The summed E-state index contributed by atoms with van der Waals surface area (Å²) in [5.74, 6) is 0.0809. The van der Waals surface area contributed by atoms with Crippen LogP contribution in [0.4, 0.5) is 0 Å². The van der Waals surface area contributed by atoms with E-state index < -0.39 is 0 Å². The summed E-state index contributed by atoms with van der Waals surface area (Å²) in [5.41, 5.74) is 9.72. The fourth-order valence-electron chi connectivity index (χ4n) is 4.29. The lowest BCUT2D eigenvalue weighted by Crippen LogP contribution is -2.55. The highest BCUT2D eigenvalue weighted by Crippen LogP contribution is 2.26. The monoisotopic (exact) mass is 409 g/mol. The van der Waals surface area contributed by atoms with Crippen molar-refractivity contribution >= 4 is 28.4 Å². The van der Waals surface area contributed by atoms with Gasteiger partial charge < -0.3 is 9.88 Å². The summed E-state index contributed by atoms with van der Waals surface area (Å²) in [6.07, 6.45) is 1.25. The average Bonchev–Trinajstić information content (AvgIpc) is 3.41. The molecule has 1 aromatic heterocycles. The number of hydrogen-bond acceptors (Lipinski definition) is 4. The lowest BCUT2D eigenvalue weighted by molar-refractivity contribution is 0.0540. The zero-order chi connectivity index (χ0) is 19.8. The molecule has 2 aromatic carbocycles. The Bertz CT molecular complexity index is 976. The maximum Gasteiger partial charge on any atom is 0.270 e. The number of amides is 1. The quantitative estimate of drug-likeness (QED) is 0.622. The minimum absolute atomic E-state index is 0.0809. The summed E-state index contributed by atoms with van der Waals surface area (Å²) in [7, 11) is 0. The third-order valence-corrected chi connectivity index (χ3v) is 6.21. The van der Waals surface area contributed by atoms with Crippen LogP contribution in [0.1, 0.15) is 28.5 Å². The number of carbonyl (C=O) groups is 1. The van der Waals surface area contributed by atoms with Crippen LogP contribution in [0, 0.1) is 0 Å². The predicted octanol–water partition coefficient (Wildman–Crippen LogP) is 3.14. The molecular formula is C22H24ClN5O. The Balaban J connectivity index is 1.18. The van der Waals surface area contributed by atoms with Gasteiger partial charge in [-0.2, -0.15) is 0 Å². The standard InChI is InChI=1S/C22H24ClN5O/c23-17-7-5-15(6-8-17)19-14-21(26-25-19)27-9-11-28(12-10-27)22(29)20-13-16-3-1-2-4-18(16)24-20/h1-8,13,19,21,24-26H,9-12,14H2. The van der Waals surface area contributed by atoms with Gasteiger partial charge in [0, 0.05) is 48.1 Å². The highest BCUT2D eigenvalue weighted by Gasteiger charge is 2.32. The van der Waals surface area contributed by atoms with Gasteiger partial charge in [0.1, 0.15) is 5.69 Å². The summed E-state index contributed by atoms with van der Waals surface area (Å²) in [4.78, 5) is 20.5. The highest BCUT2D eigenvalue weighted by molar-refractivity contribution is 6.30. The van der Waals surface area contributed by atoms with Crippen molar-refractivity contribution in [1.29, 1.82) is 0 Å². The molecule has 0 bridgehead atoms. The van der Waals surface area contributed by atoms with Crippen molar-refractivity contribution < 1.29 is 4.79 Å². The Kier molecular flexibility index (Phi) is 5.01. The average molecular weight is 410 g/mol. The van der Waals surface area contributed by atoms with Gasteiger partial charge in [-0.3, -0.25) is 9.69 Å². The zero-order valence-electron chi connectivity index (χ0n) is 16.1. The molecular weight excluding hydrogens is 386 g/mol. The normalized spacial score (nSPS) is 23.0. The van der Waals surface area contributed by atoms with E-state index in [4.69, 9.17) is 11.6 Å². The van der Waals surface area contributed by atoms with E-state index in [0.29, 0.717) is 5.69 Å². The fraction of sp³-hybridized carbons (Fsp3) is 0.318. The number of carbonyl (C=O) groups excluding carboxylic acids is 1. The Morgan fingerprint density at radius 2 is 1.72 bits per heavy atom. The van der Waals surface area contributed by atoms with E-state index >= 15 is 0 Å². The second-order valence-corrected chi connectivity index (χ2v) is 8.18. The molecule has 2 aliphatic rings. The second-order valence-electron chi connectivity index (χ2n) is 7.74. The van der Waals surface area contributed by atoms with Crippen LogP contribution in [0.2, 0.25) is 5.02 Å². The van der Waals surface area contributed by atoms with Crippen LogP contribution < -0.4 is 10.9 Å². The van der Waals surface area contributed by atoms with Gasteiger partial charge in [0.05, 0.1) is 6.17 Å². The van der Waals surface area contributed by atoms with Crippen LogP contribution >= 0.6 is 11.6 Å². The van der Waals surface area contributed by atoms with Crippen LogP contribution in [0.15, 0.2) is 54.6 Å². The molecule has 0 aliphatic carbocycles. The number of fused-ring (bicyclic) bond motifs is 1. The van der Waals surface area contributed by atoms with E-state index in [9.17, 15) is 4.79 Å². The number of hydrogen-bond donors (Lipinski definition) is 3. The molecule has 2 aliphatic heterocycles. The molecule has 29 heavy (non-hydrogen) atoms. The van der Waals surface area contributed by atoms with Gasteiger partial charge >= 0.3 is 0 Å². The number of para-hydroxylation sites is 1. The summed E-state index contributed by atoms with van der Waals surface area (Å²) >= 11 is 6.00. The van der Waals surface area contributed by atoms with Crippen LogP contribution in [0.3, 0.4) is 0 Å². The van der Waals surface area contributed by atoms with Gasteiger partial charge in [0.25, 0.3) is 5.91 Å². The summed E-state index contributed by atoms with van der Waals surface area (Å²) < 4.78 is 0. The van der Waals surface area contributed by atoms with Gasteiger partial charge in [0.15, 0.2) is 0 Å². The molecule has 3 N–H and O–H groups in total. The third-order valence-electron chi connectivity index (χ3n) is 5.96. The molecule has 1 amide bonds. The predicted molar refractivity (Wildman–Crippen MR) is 115 cm³/mol. The summed E-state index contributed by atoms with van der Waals surface area (Å²) in [6, 6.07) is 18.2. The van der Waals surface area contributed by atoms with Crippen LogP contribution in [0.25, 0.3) is 10.9 Å². The third kappa shape index (κ3) is 3.76. The molecule has 150 valence electrons. The van der Waals surface area contributed by atoms with Crippen molar-refractivity contribution in [1.82, 2.24) is 25.6 Å². The minimum Gasteiger partial charge on any atom is -0.351 e. The number of rotatable bonds is 3. The van der Waals surface area contributed by atoms with Crippen molar-refractivity contribution in [2.24, 2.45) is 0 Å². The van der Waals surface area contributed by atoms with Gasteiger partial charge in [-0.05, 0) is 36.2 Å². The fourth-order valence-corrected chi connectivity index (χ4v) is 4.41. The van der Waals surface area contributed by atoms with Crippen molar-refractivity contribution in [3.8, 4) is 0 Å². The number of aromatic amines is 1. The first kappa shape index (κ1) is 18.6. The Morgan fingerprint density at radius 3 is 2.48 bits per heavy atom. The molecule has 0 saturated carbocycles. The second kappa shape index (κ2) is 7.80. The van der Waals surface area contributed by atoms with Crippen molar-refractivity contribution in [3.63, 3.8) is 0 Å². The van der Waals surface area contributed by atoms with Gasteiger partial charge in [-0.1, -0.05) is 41.9 Å².